The largest absolute Gasteiger partial charge is 0.322 e. The van der Waals surface area contributed by atoms with Crippen molar-refractivity contribution in [2.75, 3.05) is 17.2 Å². The van der Waals surface area contributed by atoms with E-state index in [4.69, 9.17) is 0 Å². The highest BCUT2D eigenvalue weighted by molar-refractivity contribution is 5.97. The SMILES string of the molecule is Cc1ccc(NC(=O)N(CC(=O)Nc2cc(-c3ccccc3)nn2-c2ccc(F)cc2)C(C)C)cc1. The molecule has 1 heterocycles. The van der Waals surface area contributed by atoms with Crippen molar-refractivity contribution in [1.82, 2.24) is 14.7 Å². The molecule has 2 N–H and O–H groups in total. The van der Waals surface area contributed by atoms with E-state index in [-0.39, 0.29) is 30.3 Å². The number of carbonyl (C=O) groups is 2. The first-order valence-corrected chi connectivity index (χ1v) is 11.7. The van der Waals surface area contributed by atoms with Crippen LogP contribution in [0.15, 0.2) is 84.9 Å². The molecule has 1 aromatic heterocycles. The number of amides is 3. The van der Waals surface area contributed by atoms with E-state index >= 15 is 0 Å². The van der Waals surface area contributed by atoms with Gasteiger partial charge in [-0.2, -0.15) is 5.10 Å². The quantitative estimate of drug-likeness (QED) is 0.344. The number of anilines is 2. The Morgan fingerprint density at radius 3 is 2.25 bits per heavy atom. The normalized spacial score (nSPS) is 10.8. The van der Waals surface area contributed by atoms with Crippen LogP contribution >= 0.6 is 0 Å². The summed E-state index contributed by atoms with van der Waals surface area (Å²) >= 11 is 0. The summed E-state index contributed by atoms with van der Waals surface area (Å²) in [6, 6.07) is 24.0. The van der Waals surface area contributed by atoms with E-state index < -0.39 is 0 Å². The first kappa shape index (κ1) is 24.7. The van der Waals surface area contributed by atoms with Crippen molar-refractivity contribution >= 4 is 23.4 Å². The van der Waals surface area contributed by atoms with Crippen LogP contribution in [0.3, 0.4) is 0 Å². The molecular weight excluding hydrogens is 457 g/mol. The highest BCUT2D eigenvalue weighted by Crippen LogP contribution is 2.25. The van der Waals surface area contributed by atoms with Crippen LogP contribution in [0.2, 0.25) is 0 Å². The van der Waals surface area contributed by atoms with Crippen molar-refractivity contribution in [3.8, 4) is 16.9 Å². The van der Waals surface area contributed by atoms with Gasteiger partial charge in [0.05, 0.1) is 11.4 Å². The predicted molar refractivity (Wildman–Crippen MR) is 140 cm³/mol. The molecule has 0 radical (unpaired) electrons. The number of hydrogen-bond donors (Lipinski definition) is 2. The molecule has 3 amide bonds. The first-order valence-electron chi connectivity index (χ1n) is 11.7. The zero-order chi connectivity index (χ0) is 25.7. The van der Waals surface area contributed by atoms with Crippen LogP contribution in [0.1, 0.15) is 19.4 Å². The lowest BCUT2D eigenvalue weighted by molar-refractivity contribution is -0.117. The second-order valence-electron chi connectivity index (χ2n) is 8.74. The van der Waals surface area contributed by atoms with Crippen molar-refractivity contribution in [2.24, 2.45) is 0 Å². The van der Waals surface area contributed by atoms with Gasteiger partial charge in [0.25, 0.3) is 0 Å². The fourth-order valence-corrected chi connectivity index (χ4v) is 3.66. The number of aromatic nitrogens is 2. The number of halogens is 1. The van der Waals surface area contributed by atoms with E-state index in [2.05, 4.69) is 15.7 Å². The van der Waals surface area contributed by atoms with Gasteiger partial charge in [-0.05, 0) is 57.2 Å². The highest BCUT2D eigenvalue weighted by atomic mass is 19.1. The van der Waals surface area contributed by atoms with E-state index in [0.29, 0.717) is 22.9 Å². The van der Waals surface area contributed by atoms with Gasteiger partial charge in [-0.15, -0.1) is 0 Å². The molecule has 0 saturated heterocycles. The van der Waals surface area contributed by atoms with Gasteiger partial charge in [0.2, 0.25) is 5.91 Å². The number of hydrogen-bond acceptors (Lipinski definition) is 3. The fraction of sp³-hybridized carbons (Fsp3) is 0.179. The maximum absolute atomic E-state index is 13.5. The van der Waals surface area contributed by atoms with E-state index in [9.17, 15) is 14.0 Å². The number of nitrogens with one attached hydrogen (secondary N) is 2. The molecule has 7 nitrogen and oxygen atoms in total. The van der Waals surface area contributed by atoms with Crippen LogP contribution in [0, 0.1) is 12.7 Å². The van der Waals surface area contributed by atoms with E-state index in [0.717, 1.165) is 11.1 Å². The maximum Gasteiger partial charge on any atom is 0.322 e. The topological polar surface area (TPSA) is 79.3 Å². The monoisotopic (exact) mass is 485 g/mol. The van der Waals surface area contributed by atoms with Crippen LogP contribution in [0.5, 0.6) is 0 Å². The molecular formula is C28H28FN5O2. The summed E-state index contributed by atoms with van der Waals surface area (Å²) in [5.41, 5.74) is 3.84. The van der Waals surface area contributed by atoms with Crippen LogP contribution < -0.4 is 10.6 Å². The van der Waals surface area contributed by atoms with Crippen LogP contribution in [0.4, 0.5) is 20.7 Å². The molecule has 0 bridgehead atoms. The Labute approximate surface area is 209 Å². The van der Waals surface area contributed by atoms with Crippen molar-refractivity contribution in [2.45, 2.75) is 26.8 Å². The summed E-state index contributed by atoms with van der Waals surface area (Å²) in [7, 11) is 0. The van der Waals surface area contributed by atoms with Gasteiger partial charge in [0.15, 0.2) is 0 Å². The number of rotatable bonds is 7. The van der Waals surface area contributed by atoms with Crippen molar-refractivity contribution < 1.29 is 14.0 Å². The lowest BCUT2D eigenvalue weighted by Gasteiger charge is -2.26. The second-order valence-corrected chi connectivity index (χ2v) is 8.74. The molecule has 0 aliphatic carbocycles. The third-order valence-corrected chi connectivity index (χ3v) is 5.62. The number of carbonyl (C=O) groups excluding carboxylic acids is 2. The third-order valence-electron chi connectivity index (χ3n) is 5.62. The molecule has 8 heteroatoms. The Hall–Kier alpha value is -4.46. The summed E-state index contributed by atoms with van der Waals surface area (Å²) < 4.78 is 15.1. The molecule has 0 atom stereocenters. The molecule has 0 saturated carbocycles. The van der Waals surface area contributed by atoms with Crippen LogP contribution in [0.25, 0.3) is 16.9 Å². The van der Waals surface area contributed by atoms with Gasteiger partial charge in [0.1, 0.15) is 18.2 Å². The van der Waals surface area contributed by atoms with Gasteiger partial charge in [-0.1, -0.05) is 48.0 Å². The molecule has 36 heavy (non-hydrogen) atoms. The summed E-state index contributed by atoms with van der Waals surface area (Å²) in [5, 5.41) is 10.3. The minimum atomic E-state index is -0.384. The number of urea groups is 1. The molecule has 0 spiro atoms. The Balaban J connectivity index is 1.55. The van der Waals surface area contributed by atoms with Gasteiger partial charge >= 0.3 is 6.03 Å². The number of nitrogens with zero attached hydrogens (tertiary/aromatic N) is 3. The van der Waals surface area contributed by atoms with E-state index in [1.165, 1.54) is 17.0 Å². The third kappa shape index (κ3) is 5.96. The summed E-state index contributed by atoms with van der Waals surface area (Å²) in [5.74, 6) is -0.342. The first-order chi connectivity index (χ1) is 17.3. The van der Waals surface area contributed by atoms with Crippen LogP contribution in [-0.4, -0.2) is 39.2 Å². The number of benzene rings is 3. The molecule has 3 aromatic carbocycles. The number of aryl methyl sites for hydroxylation is 1. The summed E-state index contributed by atoms with van der Waals surface area (Å²) in [6.45, 7) is 5.50. The Morgan fingerprint density at radius 1 is 0.944 bits per heavy atom. The summed E-state index contributed by atoms with van der Waals surface area (Å²) in [4.78, 5) is 27.4. The summed E-state index contributed by atoms with van der Waals surface area (Å²) in [6.07, 6.45) is 0. The highest BCUT2D eigenvalue weighted by Gasteiger charge is 2.22. The smallest absolute Gasteiger partial charge is 0.313 e. The standard InChI is InChI=1S/C28H28FN5O2/c1-19(2)33(28(36)30-23-13-9-20(3)10-14-23)18-27(35)31-26-17-25(21-7-5-4-6-8-21)32-34(26)24-15-11-22(29)12-16-24/h4-17,19H,18H2,1-3H3,(H,30,36)(H,31,35). The Morgan fingerprint density at radius 2 is 1.61 bits per heavy atom. The second kappa shape index (κ2) is 10.9. The minimum Gasteiger partial charge on any atom is -0.313 e. The van der Waals surface area contributed by atoms with Crippen molar-refractivity contribution in [3.05, 3.63) is 96.3 Å². The fourth-order valence-electron chi connectivity index (χ4n) is 3.66. The molecule has 4 rings (SSSR count). The lowest BCUT2D eigenvalue weighted by Crippen LogP contribution is -2.44. The Kier molecular flexibility index (Phi) is 7.44. The minimum absolute atomic E-state index is 0.162. The van der Waals surface area contributed by atoms with Crippen LogP contribution in [-0.2, 0) is 4.79 Å². The van der Waals surface area contributed by atoms with Crippen molar-refractivity contribution in [1.29, 1.82) is 0 Å². The molecule has 0 fully saturated rings. The molecule has 0 aliphatic rings. The Bertz CT molecular complexity index is 1330. The zero-order valence-electron chi connectivity index (χ0n) is 20.4. The van der Waals surface area contributed by atoms with Gasteiger partial charge in [-0.3, -0.25) is 4.79 Å². The maximum atomic E-state index is 13.5. The zero-order valence-corrected chi connectivity index (χ0v) is 20.4. The van der Waals surface area contributed by atoms with E-state index in [1.54, 1.807) is 22.9 Å². The molecule has 4 aromatic rings. The van der Waals surface area contributed by atoms with Gasteiger partial charge in [-0.25, -0.2) is 13.9 Å². The average molecular weight is 486 g/mol. The lowest BCUT2D eigenvalue weighted by atomic mass is 10.1. The molecule has 184 valence electrons. The molecule has 0 unspecified atom stereocenters. The van der Waals surface area contributed by atoms with Crippen molar-refractivity contribution in [3.63, 3.8) is 0 Å². The van der Waals surface area contributed by atoms with E-state index in [1.807, 2.05) is 75.4 Å². The average Bonchev–Trinajstić information content (AvgIpc) is 3.28. The van der Waals surface area contributed by atoms with Gasteiger partial charge < -0.3 is 15.5 Å². The predicted octanol–water partition coefficient (Wildman–Crippen LogP) is 5.87. The molecule has 0 aliphatic heterocycles. The van der Waals surface area contributed by atoms with Gasteiger partial charge in [0, 0.05) is 23.4 Å².